The number of fused-ring (bicyclic) bond motifs is 3. The van der Waals surface area contributed by atoms with E-state index in [2.05, 4.69) is 10.6 Å². The Morgan fingerprint density at radius 2 is 1.94 bits per heavy atom. The molecule has 9 heteroatoms. The zero-order valence-corrected chi connectivity index (χ0v) is 16.8. The summed E-state index contributed by atoms with van der Waals surface area (Å²) in [5, 5.41) is 5.62. The highest BCUT2D eigenvalue weighted by Gasteiger charge is 2.55. The third kappa shape index (κ3) is 3.13. The third-order valence-electron chi connectivity index (χ3n) is 5.83. The van der Waals surface area contributed by atoms with Crippen LogP contribution in [0.4, 0.5) is 4.79 Å². The van der Waals surface area contributed by atoms with Crippen LogP contribution in [0.1, 0.15) is 30.5 Å². The van der Waals surface area contributed by atoms with Crippen molar-refractivity contribution in [3.63, 3.8) is 0 Å². The van der Waals surface area contributed by atoms with E-state index in [1.807, 2.05) is 19.1 Å². The van der Waals surface area contributed by atoms with Crippen molar-refractivity contribution < 1.29 is 28.6 Å². The molecule has 31 heavy (non-hydrogen) atoms. The van der Waals surface area contributed by atoms with E-state index in [1.54, 1.807) is 30.3 Å². The maximum Gasteiger partial charge on any atom is 0.325 e. The van der Waals surface area contributed by atoms with Gasteiger partial charge in [-0.3, -0.25) is 14.5 Å². The fourth-order valence-electron chi connectivity index (χ4n) is 4.21. The molecule has 0 radical (unpaired) electrons. The lowest BCUT2D eigenvalue weighted by Gasteiger charge is -2.33. The number of carbonyl (C=O) groups excluding carboxylic acids is 3. The molecule has 0 aliphatic carbocycles. The van der Waals surface area contributed by atoms with Crippen molar-refractivity contribution in [3.8, 4) is 17.2 Å². The van der Waals surface area contributed by atoms with Crippen LogP contribution in [0.3, 0.4) is 0 Å². The standard InChI is InChI=1S/C22H21N3O6/c1-13(14-6-7-17-18(10-14)31-12-30-17)23-19(26)11-25-20(27)22(24-21(25)28)8-9-29-16-5-3-2-4-15(16)22/h2-7,10,13H,8-9,11-12H2,1H3,(H,23,26)(H,24,28)/t13-,22+/m0/s1. The number of ether oxygens (including phenoxy) is 3. The Morgan fingerprint density at radius 1 is 1.13 bits per heavy atom. The van der Waals surface area contributed by atoms with Crippen molar-refractivity contribution in [2.45, 2.75) is 24.9 Å². The lowest BCUT2D eigenvalue weighted by atomic mass is 9.84. The number of benzene rings is 2. The van der Waals surface area contributed by atoms with E-state index in [0.717, 1.165) is 10.5 Å². The van der Waals surface area contributed by atoms with Gasteiger partial charge in [-0.15, -0.1) is 0 Å². The average Bonchev–Trinajstić information content (AvgIpc) is 3.32. The summed E-state index contributed by atoms with van der Waals surface area (Å²) < 4.78 is 16.3. The second-order valence-corrected chi connectivity index (χ2v) is 7.72. The topological polar surface area (TPSA) is 106 Å². The molecule has 160 valence electrons. The molecule has 3 aliphatic rings. The molecule has 2 aromatic rings. The van der Waals surface area contributed by atoms with Crippen LogP contribution >= 0.6 is 0 Å². The summed E-state index contributed by atoms with van der Waals surface area (Å²) >= 11 is 0. The number of nitrogens with zero attached hydrogens (tertiary/aromatic N) is 1. The number of hydrogen-bond donors (Lipinski definition) is 2. The molecule has 2 N–H and O–H groups in total. The number of imide groups is 1. The summed E-state index contributed by atoms with van der Waals surface area (Å²) in [6.45, 7) is 1.91. The second kappa shape index (κ2) is 7.19. The largest absolute Gasteiger partial charge is 0.493 e. The molecule has 0 bridgehead atoms. The Morgan fingerprint density at radius 3 is 2.81 bits per heavy atom. The van der Waals surface area contributed by atoms with Crippen molar-refractivity contribution in [1.82, 2.24) is 15.5 Å². The molecular formula is C22H21N3O6. The quantitative estimate of drug-likeness (QED) is 0.727. The van der Waals surface area contributed by atoms with E-state index in [9.17, 15) is 14.4 Å². The van der Waals surface area contributed by atoms with Crippen molar-refractivity contribution in [3.05, 3.63) is 53.6 Å². The number of hydrogen-bond acceptors (Lipinski definition) is 6. The third-order valence-corrected chi connectivity index (χ3v) is 5.83. The van der Waals surface area contributed by atoms with Crippen LogP contribution < -0.4 is 24.8 Å². The number of rotatable bonds is 4. The maximum atomic E-state index is 13.3. The molecule has 1 spiro atoms. The van der Waals surface area contributed by atoms with Gasteiger partial charge in [0.2, 0.25) is 12.7 Å². The predicted octanol–water partition coefficient (Wildman–Crippen LogP) is 1.82. The van der Waals surface area contributed by atoms with Gasteiger partial charge in [0.15, 0.2) is 17.0 Å². The van der Waals surface area contributed by atoms with Crippen LogP contribution in [0.15, 0.2) is 42.5 Å². The second-order valence-electron chi connectivity index (χ2n) is 7.72. The molecule has 3 heterocycles. The van der Waals surface area contributed by atoms with Crippen LogP contribution in [0, 0.1) is 0 Å². The summed E-state index contributed by atoms with van der Waals surface area (Å²) in [6, 6.07) is 11.6. The first-order chi connectivity index (χ1) is 15.0. The zero-order valence-electron chi connectivity index (χ0n) is 16.8. The van der Waals surface area contributed by atoms with Gasteiger partial charge in [-0.2, -0.15) is 0 Å². The van der Waals surface area contributed by atoms with E-state index < -0.39 is 23.4 Å². The number of para-hydroxylation sites is 1. The molecule has 4 amide bonds. The highest BCUT2D eigenvalue weighted by atomic mass is 16.7. The highest BCUT2D eigenvalue weighted by molar-refractivity contribution is 6.09. The normalized spacial score (nSPS) is 22.0. The zero-order chi connectivity index (χ0) is 21.6. The monoisotopic (exact) mass is 423 g/mol. The van der Waals surface area contributed by atoms with Crippen molar-refractivity contribution in [2.24, 2.45) is 0 Å². The molecule has 1 saturated heterocycles. The molecule has 3 aliphatic heterocycles. The van der Waals surface area contributed by atoms with Gasteiger partial charge in [-0.05, 0) is 30.7 Å². The van der Waals surface area contributed by atoms with E-state index >= 15 is 0 Å². The van der Waals surface area contributed by atoms with E-state index in [0.29, 0.717) is 35.8 Å². The number of carbonyl (C=O) groups is 3. The fraction of sp³-hybridized carbons (Fsp3) is 0.318. The maximum absolute atomic E-state index is 13.3. The molecule has 5 rings (SSSR count). The van der Waals surface area contributed by atoms with Gasteiger partial charge in [-0.25, -0.2) is 4.79 Å². The summed E-state index contributed by atoms with van der Waals surface area (Å²) in [4.78, 5) is 39.5. The minimum atomic E-state index is -1.20. The van der Waals surface area contributed by atoms with Crippen LogP contribution in [-0.2, 0) is 15.1 Å². The molecular weight excluding hydrogens is 402 g/mol. The van der Waals surface area contributed by atoms with E-state index in [4.69, 9.17) is 14.2 Å². The first-order valence-corrected chi connectivity index (χ1v) is 10.0. The van der Waals surface area contributed by atoms with Gasteiger partial charge in [0, 0.05) is 12.0 Å². The van der Waals surface area contributed by atoms with Crippen molar-refractivity contribution in [1.29, 1.82) is 0 Å². The molecule has 0 saturated carbocycles. The Balaban J connectivity index is 1.30. The SMILES string of the molecule is C[C@H](NC(=O)CN1C(=O)N[C@@]2(CCOc3ccccc32)C1=O)c1ccc2c(c1)OCO2. The van der Waals surface area contributed by atoms with Gasteiger partial charge < -0.3 is 24.8 Å². The van der Waals surface area contributed by atoms with Crippen LogP contribution in [0.25, 0.3) is 0 Å². The molecule has 0 aromatic heterocycles. The molecule has 0 unspecified atom stereocenters. The fourth-order valence-corrected chi connectivity index (χ4v) is 4.21. The van der Waals surface area contributed by atoms with Crippen molar-refractivity contribution in [2.75, 3.05) is 19.9 Å². The van der Waals surface area contributed by atoms with Crippen LogP contribution in [-0.4, -0.2) is 42.7 Å². The minimum Gasteiger partial charge on any atom is -0.493 e. The molecule has 2 atom stereocenters. The van der Waals surface area contributed by atoms with Gasteiger partial charge in [0.1, 0.15) is 12.3 Å². The van der Waals surface area contributed by atoms with Gasteiger partial charge in [0.25, 0.3) is 5.91 Å². The lowest BCUT2D eigenvalue weighted by Crippen LogP contribution is -2.48. The van der Waals surface area contributed by atoms with Gasteiger partial charge in [-0.1, -0.05) is 24.3 Å². The average molecular weight is 423 g/mol. The van der Waals surface area contributed by atoms with Crippen LogP contribution in [0.5, 0.6) is 17.2 Å². The van der Waals surface area contributed by atoms with E-state index in [-0.39, 0.29) is 19.4 Å². The Bertz CT molecular complexity index is 1090. The lowest BCUT2D eigenvalue weighted by molar-refractivity contribution is -0.136. The van der Waals surface area contributed by atoms with Gasteiger partial charge in [0.05, 0.1) is 12.6 Å². The smallest absolute Gasteiger partial charge is 0.325 e. The Kier molecular flexibility index (Phi) is 4.46. The molecule has 2 aromatic carbocycles. The molecule has 9 nitrogen and oxygen atoms in total. The Labute approximate surface area is 178 Å². The number of nitrogens with one attached hydrogen (secondary N) is 2. The molecule has 1 fully saturated rings. The van der Waals surface area contributed by atoms with Crippen molar-refractivity contribution >= 4 is 17.8 Å². The predicted molar refractivity (Wildman–Crippen MR) is 108 cm³/mol. The summed E-state index contributed by atoms with van der Waals surface area (Å²) in [5.74, 6) is 0.951. The van der Waals surface area contributed by atoms with Gasteiger partial charge >= 0.3 is 6.03 Å². The number of urea groups is 1. The number of amides is 4. The summed E-state index contributed by atoms with van der Waals surface area (Å²) in [5.41, 5.74) is 0.232. The summed E-state index contributed by atoms with van der Waals surface area (Å²) in [6.07, 6.45) is 0.306. The summed E-state index contributed by atoms with van der Waals surface area (Å²) in [7, 11) is 0. The van der Waals surface area contributed by atoms with E-state index in [1.165, 1.54) is 0 Å². The first-order valence-electron chi connectivity index (χ1n) is 10.0. The Hall–Kier alpha value is -3.75. The highest BCUT2D eigenvalue weighted by Crippen LogP contribution is 2.41. The van der Waals surface area contributed by atoms with Crippen LogP contribution in [0.2, 0.25) is 0 Å². The minimum absolute atomic E-state index is 0.168. The first kappa shape index (κ1) is 19.2.